The maximum Gasteiger partial charge on any atom is 0.300 e. The highest BCUT2D eigenvalue weighted by Gasteiger charge is 2.47. The van der Waals surface area contributed by atoms with Gasteiger partial charge >= 0.3 is 0 Å². The van der Waals surface area contributed by atoms with Crippen molar-refractivity contribution in [2.24, 2.45) is 0 Å². The van der Waals surface area contributed by atoms with Gasteiger partial charge in [-0.05, 0) is 42.0 Å². The standard InChI is InChI=1S/C25H19ClN2O6S/c1-15(29)27-35(33,34)20-13-11-19(12-14-20)28-22(16-7-9-18(26)10-8-16)21(24(31)25(28)32)23(30)17-5-3-2-4-6-17/h2-14,22,30H,1H3,(H,27,29)/b23-21+. The molecule has 0 spiro atoms. The number of amides is 2. The van der Waals surface area contributed by atoms with E-state index < -0.39 is 33.7 Å². The largest absolute Gasteiger partial charge is 0.507 e. The average molecular weight is 511 g/mol. The fraction of sp³-hybridized carbons (Fsp3) is 0.0800. The normalized spacial score (nSPS) is 17.4. The molecule has 0 saturated carbocycles. The van der Waals surface area contributed by atoms with Crippen LogP contribution in [0.1, 0.15) is 24.1 Å². The van der Waals surface area contributed by atoms with Crippen molar-refractivity contribution in [1.82, 2.24) is 4.72 Å². The van der Waals surface area contributed by atoms with Crippen LogP contribution in [0.3, 0.4) is 0 Å². The van der Waals surface area contributed by atoms with Gasteiger partial charge in [0.1, 0.15) is 5.76 Å². The first kappa shape index (κ1) is 24.2. The lowest BCUT2D eigenvalue weighted by Gasteiger charge is -2.25. The molecule has 1 heterocycles. The zero-order valence-electron chi connectivity index (χ0n) is 18.3. The summed E-state index contributed by atoms with van der Waals surface area (Å²) in [7, 11) is -4.09. The van der Waals surface area contributed by atoms with Crippen molar-refractivity contribution in [3.8, 4) is 0 Å². The number of aliphatic hydroxyl groups is 1. The van der Waals surface area contributed by atoms with Gasteiger partial charge in [0.2, 0.25) is 5.91 Å². The molecule has 1 saturated heterocycles. The van der Waals surface area contributed by atoms with Gasteiger partial charge < -0.3 is 5.11 Å². The number of benzene rings is 3. The number of carbonyl (C=O) groups excluding carboxylic acids is 3. The first-order valence-corrected chi connectivity index (χ1v) is 12.2. The van der Waals surface area contributed by atoms with E-state index in [1.165, 1.54) is 29.2 Å². The van der Waals surface area contributed by atoms with Crippen LogP contribution in [0.4, 0.5) is 5.69 Å². The maximum absolute atomic E-state index is 13.2. The molecule has 3 aromatic carbocycles. The summed E-state index contributed by atoms with van der Waals surface area (Å²) in [6.45, 7) is 1.07. The fourth-order valence-electron chi connectivity index (χ4n) is 3.84. The van der Waals surface area contributed by atoms with Gasteiger partial charge in [-0.25, -0.2) is 13.1 Å². The summed E-state index contributed by atoms with van der Waals surface area (Å²) in [6.07, 6.45) is 0. The predicted octanol–water partition coefficient (Wildman–Crippen LogP) is 3.79. The number of hydrogen-bond acceptors (Lipinski definition) is 6. The second kappa shape index (κ2) is 9.36. The molecule has 0 radical (unpaired) electrons. The molecular weight excluding hydrogens is 492 g/mol. The number of hydrogen-bond donors (Lipinski definition) is 2. The quantitative estimate of drug-likeness (QED) is 0.306. The summed E-state index contributed by atoms with van der Waals surface area (Å²) in [5.41, 5.74) is 0.988. The lowest BCUT2D eigenvalue weighted by molar-refractivity contribution is -0.132. The van der Waals surface area contributed by atoms with Crippen molar-refractivity contribution in [1.29, 1.82) is 0 Å². The van der Waals surface area contributed by atoms with Gasteiger partial charge in [0.05, 0.1) is 16.5 Å². The van der Waals surface area contributed by atoms with E-state index in [0.29, 0.717) is 16.1 Å². The minimum Gasteiger partial charge on any atom is -0.507 e. The number of halogens is 1. The first-order valence-electron chi connectivity index (χ1n) is 10.4. The van der Waals surface area contributed by atoms with Crippen LogP contribution in [0.2, 0.25) is 5.02 Å². The van der Waals surface area contributed by atoms with E-state index in [-0.39, 0.29) is 21.9 Å². The molecule has 1 aliphatic rings. The van der Waals surface area contributed by atoms with Crippen molar-refractivity contribution in [2.45, 2.75) is 17.9 Å². The average Bonchev–Trinajstić information content (AvgIpc) is 3.09. The van der Waals surface area contributed by atoms with Crippen LogP contribution in [0.5, 0.6) is 0 Å². The molecule has 1 unspecified atom stereocenters. The minimum atomic E-state index is -4.09. The number of ketones is 1. The predicted molar refractivity (Wildman–Crippen MR) is 130 cm³/mol. The Morgan fingerprint density at radius 3 is 2.11 bits per heavy atom. The Bertz CT molecular complexity index is 1450. The SMILES string of the molecule is CC(=O)NS(=O)(=O)c1ccc(N2C(=O)C(=O)/C(=C(/O)c3ccccc3)C2c2ccc(Cl)cc2)cc1. The van der Waals surface area contributed by atoms with Crippen LogP contribution in [-0.4, -0.2) is 31.1 Å². The third-order valence-electron chi connectivity index (χ3n) is 5.38. The van der Waals surface area contributed by atoms with E-state index in [2.05, 4.69) is 0 Å². The highest BCUT2D eigenvalue weighted by molar-refractivity contribution is 7.90. The Kier molecular flexibility index (Phi) is 6.47. The molecule has 3 aromatic rings. The molecule has 0 aromatic heterocycles. The summed E-state index contributed by atoms with van der Waals surface area (Å²) in [5, 5.41) is 11.5. The van der Waals surface area contributed by atoms with E-state index in [4.69, 9.17) is 11.6 Å². The van der Waals surface area contributed by atoms with E-state index in [1.54, 1.807) is 54.6 Å². The first-order chi connectivity index (χ1) is 16.6. The topological polar surface area (TPSA) is 121 Å². The molecule has 0 aliphatic carbocycles. The van der Waals surface area contributed by atoms with E-state index in [0.717, 1.165) is 6.92 Å². The second-order valence-electron chi connectivity index (χ2n) is 7.74. The highest BCUT2D eigenvalue weighted by atomic mass is 35.5. The molecule has 0 bridgehead atoms. The lowest BCUT2D eigenvalue weighted by Crippen LogP contribution is -2.30. The van der Waals surface area contributed by atoms with Gasteiger partial charge in [-0.3, -0.25) is 19.3 Å². The third-order valence-corrected chi connectivity index (χ3v) is 7.08. The van der Waals surface area contributed by atoms with Crippen LogP contribution >= 0.6 is 11.6 Å². The summed E-state index contributed by atoms with van der Waals surface area (Å²) in [4.78, 5) is 38.5. The van der Waals surface area contributed by atoms with Crippen molar-refractivity contribution < 1.29 is 27.9 Å². The fourth-order valence-corrected chi connectivity index (χ4v) is 4.96. The minimum absolute atomic E-state index is 0.113. The molecule has 10 heteroatoms. The summed E-state index contributed by atoms with van der Waals surface area (Å²) < 4.78 is 26.4. The van der Waals surface area contributed by atoms with Gasteiger partial charge in [-0.2, -0.15) is 0 Å². The molecule has 1 atom stereocenters. The van der Waals surface area contributed by atoms with Crippen LogP contribution in [-0.2, 0) is 24.4 Å². The molecule has 35 heavy (non-hydrogen) atoms. The molecule has 178 valence electrons. The van der Waals surface area contributed by atoms with Crippen molar-refractivity contribution in [2.75, 3.05) is 4.90 Å². The number of carbonyl (C=O) groups is 3. The number of rotatable bonds is 5. The zero-order chi connectivity index (χ0) is 25.3. The number of sulfonamides is 1. The Labute approximate surface area is 206 Å². The molecule has 1 aliphatic heterocycles. The van der Waals surface area contributed by atoms with Crippen molar-refractivity contribution in [3.05, 3.63) is 101 Å². The van der Waals surface area contributed by atoms with E-state index in [1.807, 2.05) is 4.72 Å². The highest BCUT2D eigenvalue weighted by Crippen LogP contribution is 2.42. The Hall–Kier alpha value is -3.95. The van der Waals surface area contributed by atoms with Crippen LogP contribution in [0.15, 0.2) is 89.3 Å². The lowest BCUT2D eigenvalue weighted by atomic mass is 9.95. The number of anilines is 1. The summed E-state index contributed by atoms with van der Waals surface area (Å²) in [5.74, 6) is -2.86. The van der Waals surface area contributed by atoms with Crippen molar-refractivity contribution in [3.63, 3.8) is 0 Å². The molecule has 4 rings (SSSR count). The smallest absolute Gasteiger partial charge is 0.300 e. The molecule has 8 nitrogen and oxygen atoms in total. The number of nitrogens with one attached hydrogen (secondary N) is 1. The van der Waals surface area contributed by atoms with Gasteiger partial charge in [-0.1, -0.05) is 54.1 Å². The Morgan fingerprint density at radius 2 is 1.54 bits per heavy atom. The van der Waals surface area contributed by atoms with Gasteiger partial charge in [0, 0.05) is 23.2 Å². The Balaban J connectivity index is 1.86. The van der Waals surface area contributed by atoms with Gasteiger partial charge in [-0.15, -0.1) is 0 Å². The summed E-state index contributed by atoms with van der Waals surface area (Å²) in [6, 6.07) is 19.0. The second-order valence-corrected chi connectivity index (χ2v) is 9.86. The molecule has 1 fully saturated rings. The Morgan fingerprint density at radius 1 is 0.943 bits per heavy atom. The number of aliphatic hydroxyl groups excluding tert-OH is 1. The van der Waals surface area contributed by atoms with Crippen LogP contribution in [0, 0.1) is 0 Å². The number of Topliss-reactive ketones (excluding diaryl/α,β-unsaturated/α-hetero) is 1. The monoisotopic (exact) mass is 510 g/mol. The summed E-state index contributed by atoms with van der Waals surface area (Å²) >= 11 is 6.02. The third kappa shape index (κ3) is 4.68. The molecular formula is C25H19ClN2O6S. The van der Waals surface area contributed by atoms with Gasteiger partial charge in [0.25, 0.3) is 21.7 Å². The number of nitrogens with zero attached hydrogens (tertiary/aromatic N) is 1. The van der Waals surface area contributed by atoms with Crippen LogP contribution < -0.4 is 9.62 Å². The zero-order valence-corrected chi connectivity index (χ0v) is 19.9. The van der Waals surface area contributed by atoms with E-state index in [9.17, 15) is 27.9 Å². The maximum atomic E-state index is 13.2. The van der Waals surface area contributed by atoms with Gasteiger partial charge in [0.15, 0.2) is 0 Å². The van der Waals surface area contributed by atoms with Crippen molar-refractivity contribution >= 4 is 50.7 Å². The molecule has 2 amide bonds. The van der Waals surface area contributed by atoms with E-state index >= 15 is 0 Å². The molecule has 2 N–H and O–H groups in total. The van der Waals surface area contributed by atoms with Crippen LogP contribution in [0.25, 0.3) is 5.76 Å².